The number of benzene rings is 1. The van der Waals surface area contributed by atoms with Gasteiger partial charge in [0.2, 0.25) is 5.95 Å². The van der Waals surface area contributed by atoms with E-state index in [-0.39, 0.29) is 43.1 Å². The first-order valence-electron chi connectivity index (χ1n) is 11.1. The minimum Gasteiger partial charge on any atom is -0.354 e. The van der Waals surface area contributed by atoms with E-state index >= 15 is 0 Å². The average Bonchev–Trinajstić information content (AvgIpc) is 3.51. The van der Waals surface area contributed by atoms with Crippen molar-refractivity contribution in [3.63, 3.8) is 0 Å². The SMILES string of the molecule is Cl.Cl.Cl.O=C(NC1CC1)c1cccc2sc(-c3ccnc(NCCCN4CCNCC4)n3)cc12. The molecule has 11 heteroatoms. The second kappa shape index (κ2) is 13.4. The number of hydrogen-bond acceptors (Lipinski definition) is 7. The number of hydrogen-bond donors (Lipinski definition) is 3. The summed E-state index contributed by atoms with van der Waals surface area (Å²) >= 11 is 1.66. The highest BCUT2D eigenvalue weighted by molar-refractivity contribution is 7.22. The molecule has 34 heavy (non-hydrogen) atoms. The van der Waals surface area contributed by atoms with E-state index < -0.39 is 0 Å². The molecule has 0 atom stereocenters. The van der Waals surface area contributed by atoms with Crippen LogP contribution >= 0.6 is 48.6 Å². The number of anilines is 1. The van der Waals surface area contributed by atoms with E-state index in [2.05, 4.69) is 38.0 Å². The standard InChI is InChI=1S/C23H28N6OS.3ClH/c30-22(27-16-5-6-16)17-3-1-4-20-18(17)15-21(31-20)19-7-9-26-23(28-19)25-8-2-12-29-13-10-24-11-14-29;;;/h1,3-4,7,9,15-16,24H,2,5-6,8,10-14H2,(H,27,30)(H,25,26,28);3*1H. The molecule has 186 valence electrons. The van der Waals surface area contributed by atoms with Gasteiger partial charge in [-0.05, 0) is 50.1 Å². The molecule has 1 aliphatic carbocycles. The Hall–Kier alpha value is -1.68. The number of carbonyl (C=O) groups excluding carboxylic acids is 1. The number of fused-ring (bicyclic) bond motifs is 1. The average molecular weight is 546 g/mol. The van der Waals surface area contributed by atoms with Crippen molar-refractivity contribution in [2.75, 3.05) is 44.6 Å². The quantitative estimate of drug-likeness (QED) is 0.368. The first-order valence-corrected chi connectivity index (χ1v) is 11.9. The highest BCUT2D eigenvalue weighted by Gasteiger charge is 2.25. The topological polar surface area (TPSA) is 82.2 Å². The maximum atomic E-state index is 12.6. The molecule has 2 aromatic heterocycles. The lowest BCUT2D eigenvalue weighted by atomic mass is 10.1. The molecule has 3 N–H and O–H groups in total. The van der Waals surface area contributed by atoms with Gasteiger partial charge in [-0.1, -0.05) is 6.07 Å². The smallest absolute Gasteiger partial charge is 0.252 e. The first kappa shape index (κ1) is 28.6. The van der Waals surface area contributed by atoms with Crippen LogP contribution in [0.25, 0.3) is 20.7 Å². The van der Waals surface area contributed by atoms with Crippen molar-refractivity contribution in [3.05, 3.63) is 42.1 Å². The maximum Gasteiger partial charge on any atom is 0.252 e. The van der Waals surface area contributed by atoms with Gasteiger partial charge < -0.3 is 20.9 Å². The molecule has 1 saturated heterocycles. The van der Waals surface area contributed by atoms with Crippen LogP contribution in [0.2, 0.25) is 0 Å². The molecule has 2 aliphatic rings. The van der Waals surface area contributed by atoms with Crippen molar-refractivity contribution in [3.8, 4) is 10.6 Å². The Morgan fingerprint density at radius 2 is 1.94 bits per heavy atom. The van der Waals surface area contributed by atoms with E-state index in [4.69, 9.17) is 4.98 Å². The van der Waals surface area contributed by atoms with Crippen LogP contribution in [-0.2, 0) is 0 Å². The van der Waals surface area contributed by atoms with Crippen LogP contribution in [0.3, 0.4) is 0 Å². The van der Waals surface area contributed by atoms with Gasteiger partial charge >= 0.3 is 0 Å². The predicted molar refractivity (Wildman–Crippen MR) is 147 cm³/mol. The molecule has 1 aliphatic heterocycles. The molecule has 1 saturated carbocycles. The zero-order valence-corrected chi connectivity index (χ0v) is 22.1. The molecule has 0 radical (unpaired) electrons. The zero-order valence-electron chi connectivity index (χ0n) is 18.8. The summed E-state index contributed by atoms with van der Waals surface area (Å²) in [5.41, 5.74) is 1.63. The predicted octanol–water partition coefficient (Wildman–Crippen LogP) is 4.22. The number of nitrogens with zero attached hydrogens (tertiary/aromatic N) is 3. The van der Waals surface area contributed by atoms with Crippen molar-refractivity contribution >= 4 is 70.5 Å². The summed E-state index contributed by atoms with van der Waals surface area (Å²) in [7, 11) is 0. The summed E-state index contributed by atoms with van der Waals surface area (Å²) in [4.78, 5) is 25.3. The lowest BCUT2D eigenvalue weighted by molar-refractivity contribution is 0.0953. The molecule has 7 nitrogen and oxygen atoms in total. The third-order valence-electron chi connectivity index (χ3n) is 5.77. The molecule has 1 aromatic carbocycles. The molecule has 0 bridgehead atoms. The fourth-order valence-corrected chi connectivity index (χ4v) is 4.95. The van der Waals surface area contributed by atoms with Crippen molar-refractivity contribution < 1.29 is 4.79 Å². The first-order chi connectivity index (χ1) is 15.3. The number of amides is 1. The van der Waals surface area contributed by atoms with E-state index in [0.717, 1.165) is 84.8 Å². The minimum absolute atomic E-state index is 0. The summed E-state index contributed by atoms with van der Waals surface area (Å²) in [6.45, 7) is 6.36. The Morgan fingerprint density at radius 1 is 1.15 bits per heavy atom. The van der Waals surface area contributed by atoms with Gasteiger partial charge in [0.05, 0.1) is 10.6 Å². The van der Waals surface area contributed by atoms with Gasteiger partial charge in [-0.15, -0.1) is 48.6 Å². The second-order valence-electron chi connectivity index (χ2n) is 8.21. The van der Waals surface area contributed by atoms with Crippen LogP contribution in [0, 0.1) is 0 Å². The number of carbonyl (C=O) groups is 1. The number of thiophene rings is 1. The molecule has 3 aromatic rings. The van der Waals surface area contributed by atoms with E-state index in [1.54, 1.807) is 17.5 Å². The third-order valence-corrected chi connectivity index (χ3v) is 6.89. The van der Waals surface area contributed by atoms with Crippen LogP contribution in [-0.4, -0.2) is 66.1 Å². The summed E-state index contributed by atoms with van der Waals surface area (Å²) in [5, 5.41) is 10.8. The number of rotatable bonds is 8. The lowest BCUT2D eigenvalue weighted by Gasteiger charge is -2.27. The Kier molecular flexibility index (Phi) is 11.3. The monoisotopic (exact) mass is 544 g/mol. The molecule has 3 heterocycles. The van der Waals surface area contributed by atoms with Gasteiger partial charge in [0, 0.05) is 60.6 Å². The third kappa shape index (κ3) is 7.16. The van der Waals surface area contributed by atoms with Crippen LogP contribution < -0.4 is 16.0 Å². The fourth-order valence-electron chi connectivity index (χ4n) is 3.89. The molecular weight excluding hydrogens is 515 g/mol. The van der Waals surface area contributed by atoms with Crippen LogP contribution in [0.4, 0.5) is 5.95 Å². The van der Waals surface area contributed by atoms with Crippen molar-refractivity contribution in [2.45, 2.75) is 25.3 Å². The molecule has 0 unspecified atom stereocenters. The lowest BCUT2D eigenvalue weighted by Crippen LogP contribution is -2.44. The van der Waals surface area contributed by atoms with Crippen LogP contribution in [0.5, 0.6) is 0 Å². The Labute approximate surface area is 222 Å². The summed E-state index contributed by atoms with van der Waals surface area (Å²) in [6, 6.07) is 10.3. The second-order valence-corrected chi connectivity index (χ2v) is 9.30. The number of halogens is 3. The number of aromatic nitrogens is 2. The van der Waals surface area contributed by atoms with Crippen molar-refractivity contribution in [1.29, 1.82) is 0 Å². The molecular formula is C23H31Cl3N6OS. The summed E-state index contributed by atoms with van der Waals surface area (Å²) in [6.07, 6.45) is 5.03. The Bertz CT molecular complexity index is 1070. The fraction of sp³-hybridized carbons (Fsp3) is 0.435. The van der Waals surface area contributed by atoms with E-state index in [9.17, 15) is 4.79 Å². The normalized spacial score (nSPS) is 15.5. The van der Waals surface area contributed by atoms with Crippen molar-refractivity contribution in [2.24, 2.45) is 0 Å². The van der Waals surface area contributed by atoms with Crippen molar-refractivity contribution in [1.82, 2.24) is 25.5 Å². The number of piperazine rings is 1. The summed E-state index contributed by atoms with van der Waals surface area (Å²) in [5.74, 6) is 0.675. The molecule has 1 amide bonds. The zero-order chi connectivity index (χ0) is 21.0. The Balaban J connectivity index is 0.00000136. The molecule has 2 fully saturated rings. The largest absolute Gasteiger partial charge is 0.354 e. The number of nitrogens with one attached hydrogen (secondary N) is 3. The molecule has 5 rings (SSSR count). The van der Waals surface area contributed by atoms with Gasteiger partial charge in [-0.2, -0.15) is 0 Å². The van der Waals surface area contributed by atoms with Gasteiger partial charge in [0.15, 0.2) is 0 Å². The highest BCUT2D eigenvalue weighted by Crippen LogP contribution is 2.34. The van der Waals surface area contributed by atoms with Gasteiger partial charge in [0.1, 0.15) is 0 Å². The summed E-state index contributed by atoms with van der Waals surface area (Å²) < 4.78 is 1.10. The molecule has 0 spiro atoms. The van der Waals surface area contributed by atoms with E-state index in [1.165, 1.54) is 0 Å². The van der Waals surface area contributed by atoms with Gasteiger partial charge in [-0.25, -0.2) is 9.97 Å². The van der Waals surface area contributed by atoms with Gasteiger partial charge in [0.25, 0.3) is 5.91 Å². The minimum atomic E-state index is 0. The maximum absolute atomic E-state index is 12.6. The van der Waals surface area contributed by atoms with E-state index in [1.807, 2.05) is 18.2 Å². The highest BCUT2D eigenvalue weighted by atomic mass is 35.5. The van der Waals surface area contributed by atoms with Crippen LogP contribution in [0.1, 0.15) is 29.6 Å². The van der Waals surface area contributed by atoms with Gasteiger partial charge in [-0.3, -0.25) is 4.79 Å². The Morgan fingerprint density at radius 3 is 2.71 bits per heavy atom. The van der Waals surface area contributed by atoms with Crippen LogP contribution in [0.15, 0.2) is 36.5 Å². The van der Waals surface area contributed by atoms with E-state index in [0.29, 0.717) is 12.0 Å².